The highest BCUT2D eigenvalue weighted by atomic mass is 32.1. The lowest BCUT2D eigenvalue weighted by Crippen LogP contribution is -1.98. The molecule has 3 heterocycles. The first-order chi connectivity index (χ1) is 13.3. The first-order valence-corrected chi connectivity index (χ1v) is 9.65. The molecule has 0 amide bonds. The maximum absolute atomic E-state index is 4.69. The molecule has 3 aromatic heterocycles. The fourth-order valence-electron chi connectivity index (χ4n) is 3.42. The summed E-state index contributed by atoms with van der Waals surface area (Å²) in [7, 11) is 0. The van der Waals surface area contributed by atoms with Gasteiger partial charge >= 0.3 is 0 Å². The maximum Gasteiger partial charge on any atom is 0.145 e. The van der Waals surface area contributed by atoms with Gasteiger partial charge in [-0.2, -0.15) is 0 Å². The van der Waals surface area contributed by atoms with Crippen molar-refractivity contribution in [2.45, 2.75) is 6.92 Å². The maximum atomic E-state index is 4.69. The van der Waals surface area contributed by atoms with E-state index in [1.165, 1.54) is 20.5 Å². The molecule has 0 aliphatic rings. The summed E-state index contributed by atoms with van der Waals surface area (Å²) >= 11 is 1.79. The highest BCUT2D eigenvalue weighted by Crippen LogP contribution is 2.39. The lowest BCUT2D eigenvalue weighted by molar-refractivity contribution is 1.05. The molecule has 0 saturated heterocycles. The van der Waals surface area contributed by atoms with Crippen LogP contribution in [0, 0.1) is 6.92 Å². The lowest BCUT2D eigenvalue weighted by Gasteiger charge is -2.11. The number of hydrogen-bond donors (Lipinski definition) is 0. The van der Waals surface area contributed by atoms with Crippen molar-refractivity contribution < 1.29 is 0 Å². The van der Waals surface area contributed by atoms with E-state index in [9.17, 15) is 0 Å². The second kappa shape index (κ2) is 6.49. The third-order valence-electron chi connectivity index (χ3n) is 4.75. The fraction of sp³-hybridized carbons (Fsp3) is 0.0435. The van der Waals surface area contributed by atoms with Crippen molar-refractivity contribution in [2.24, 2.45) is 0 Å². The Morgan fingerprint density at radius 3 is 2.70 bits per heavy atom. The molecule has 4 heteroatoms. The van der Waals surface area contributed by atoms with E-state index in [0.29, 0.717) is 0 Å². The van der Waals surface area contributed by atoms with Gasteiger partial charge in [0.05, 0.1) is 0 Å². The third-order valence-corrected chi connectivity index (χ3v) is 5.98. The summed E-state index contributed by atoms with van der Waals surface area (Å²) in [6.45, 7) is 2.13. The van der Waals surface area contributed by atoms with Crippen LogP contribution in [0.25, 0.3) is 37.6 Å². The molecule has 0 N–H and O–H groups in total. The second-order valence-electron chi connectivity index (χ2n) is 6.48. The number of aromatic nitrogens is 3. The minimum atomic E-state index is 0.967. The molecule has 130 valence electrons. The van der Waals surface area contributed by atoms with Crippen molar-refractivity contribution in [1.82, 2.24) is 14.5 Å². The van der Waals surface area contributed by atoms with Crippen LogP contribution in [-0.4, -0.2) is 14.5 Å². The number of imidazole rings is 1. The summed E-state index contributed by atoms with van der Waals surface area (Å²) in [6, 6.07) is 21.1. The van der Waals surface area contributed by atoms with Crippen LogP contribution in [0.4, 0.5) is 0 Å². The number of nitrogens with zero attached hydrogens (tertiary/aromatic N) is 3. The van der Waals surface area contributed by atoms with Gasteiger partial charge in [0.15, 0.2) is 0 Å². The largest absolute Gasteiger partial charge is 0.300 e. The Morgan fingerprint density at radius 1 is 0.926 bits per heavy atom. The van der Waals surface area contributed by atoms with Crippen molar-refractivity contribution >= 4 is 21.4 Å². The van der Waals surface area contributed by atoms with Crippen LogP contribution in [-0.2, 0) is 0 Å². The standard InChI is InChI=1S/C23H17N3S/c1-16-6-2-3-10-20(16)26-13-12-25-23(26)19-9-4-7-17-14-21(27-22(17)19)18-8-5-11-24-15-18/h2-15H,1H3. The molecule has 5 rings (SSSR count). The van der Waals surface area contributed by atoms with Gasteiger partial charge in [0.1, 0.15) is 5.82 Å². The summed E-state index contributed by atoms with van der Waals surface area (Å²) in [5, 5.41) is 1.23. The fourth-order valence-corrected chi connectivity index (χ4v) is 4.58. The smallest absolute Gasteiger partial charge is 0.145 e. The Balaban J connectivity index is 1.70. The van der Waals surface area contributed by atoms with Gasteiger partial charge in [-0.05, 0) is 42.1 Å². The van der Waals surface area contributed by atoms with Gasteiger partial charge in [0.25, 0.3) is 0 Å². The molecule has 0 fully saturated rings. The van der Waals surface area contributed by atoms with Crippen LogP contribution >= 0.6 is 11.3 Å². The summed E-state index contributed by atoms with van der Waals surface area (Å²) in [4.78, 5) is 10.2. The molecule has 0 unspecified atom stereocenters. The molecule has 0 atom stereocenters. The molecule has 0 aliphatic heterocycles. The molecule has 2 aromatic carbocycles. The number of fused-ring (bicyclic) bond motifs is 1. The minimum Gasteiger partial charge on any atom is -0.300 e. The summed E-state index contributed by atoms with van der Waals surface area (Å²) in [5.41, 5.74) is 4.69. The van der Waals surface area contributed by atoms with Crippen molar-refractivity contribution in [3.8, 4) is 27.5 Å². The number of benzene rings is 2. The highest BCUT2D eigenvalue weighted by Gasteiger charge is 2.15. The van der Waals surface area contributed by atoms with Crippen molar-refractivity contribution in [1.29, 1.82) is 0 Å². The van der Waals surface area contributed by atoms with Gasteiger partial charge in [-0.3, -0.25) is 9.55 Å². The average Bonchev–Trinajstić information content (AvgIpc) is 3.36. The average molecular weight is 367 g/mol. The van der Waals surface area contributed by atoms with Crippen LogP contribution < -0.4 is 0 Å². The number of hydrogen-bond acceptors (Lipinski definition) is 3. The summed E-state index contributed by atoms with van der Waals surface area (Å²) < 4.78 is 3.42. The zero-order chi connectivity index (χ0) is 18.2. The van der Waals surface area contributed by atoms with E-state index < -0.39 is 0 Å². The van der Waals surface area contributed by atoms with E-state index in [1.54, 1.807) is 17.5 Å². The van der Waals surface area contributed by atoms with Crippen LogP contribution in [0.3, 0.4) is 0 Å². The van der Waals surface area contributed by atoms with E-state index in [2.05, 4.69) is 71.1 Å². The first-order valence-electron chi connectivity index (χ1n) is 8.84. The second-order valence-corrected chi connectivity index (χ2v) is 7.54. The van der Waals surface area contributed by atoms with Gasteiger partial charge in [-0.1, -0.05) is 36.4 Å². The van der Waals surface area contributed by atoms with Crippen molar-refractivity contribution in [3.05, 3.63) is 91.0 Å². The van der Waals surface area contributed by atoms with Crippen LogP contribution in [0.1, 0.15) is 5.56 Å². The zero-order valence-electron chi connectivity index (χ0n) is 14.8. The normalized spacial score (nSPS) is 11.1. The van der Waals surface area contributed by atoms with E-state index in [0.717, 1.165) is 22.6 Å². The van der Waals surface area contributed by atoms with Gasteiger partial charge in [0, 0.05) is 51.2 Å². The first kappa shape index (κ1) is 16.0. The van der Waals surface area contributed by atoms with Gasteiger partial charge in [-0.25, -0.2) is 4.98 Å². The monoisotopic (exact) mass is 367 g/mol. The number of rotatable bonds is 3. The van der Waals surface area contributed by atoms with Gasteiger partial charge in [0.2, 0.25) is 0 Å². The van der Waals surface area contributed by atoms with E-state index in [1.807, 2.05) is 24.7 Å². The van der Waals surface area contributed by atoms with E-state index in [4.69, 9.17) is 4.98 Å². The lowest BCUT2D eigenvalue weighted by atomic mass is 10.1. The molecule has 0 aliphatic carbocycles. The Labute approximate surface area is 161 Å². The Bertz CT molecular complexity index is 1230. The topological polar surface area (TPSA) is 30.7 Å². The third kappa shape index (κ3) is 2.75. The Morgan fingerprint density at radius 2 is 1.85 bits per heavy atom. The minimum absolute atomic E-state index is 0.967. The number of pyridine rings is 1. The molecule has 0 saturated carbocycles. The molecule has 0 spiro atoms. The zero-order valence-corrected chi connectivity index (χ0v) is 15.6. The van der Waals surface area contributed by atoms with Gasteiger partial charge in [-0.15, -0.1) is 11.3 Å². The van der Waals surface area contributed by atoms with Crippen molar-refractivity contribution in [3.63, 3.8) is 0 Å². The van der Waals surface area contributed by atoms with Crippen LogP contribution in [0.5, 0.6) is 0 Å². The SMILES string of the molecule is Cc1ccccc1-n1ccnc1-c1cccc2cc(-c3cccnc3)sc12. The van der Waals surface area contributed by atoms with Crippen LogP contribution in [0.2, 0.25) is 0 Å². The Hall–Kier alpha value is -3.24. The molecule has 0 radical (unpaired) electrons. The molecule has 0 bridgehead atoms. The number of aryl methyl sites for hydroxylation is 1. The molecule has 5 aromatic rings. The number of thiophene rings is 1. The van der Waals surface area contributed by atoms with E-state index >= 15 is 0 Å². The quantitative estimate of drug-likeness (QED) is 0.384. The highest BCUT2D eigenvalue weighted by molar-refractivity contribution is 7.22. The Kier molecular flexibility index (Phi) is 3.84. The molecular weight excluding hydrogens is 350 g/mol. The number of para-hydroxylation sites is 1. The summed E-state index contributed by atoms with van der Waals surface area (Å²) in [6.07, 6.45) is 7.63. The van der Waals surface area contributed by atoms with Crippen molar-refractivity contribution in [2.75, 3.05) is 0 Å². The molecule has 27 heavy (non-hydrogen) atoms. The van der Waals surface area contributed by atoms with Crippen LogP contribution in [0.15, 0.2) is 85.5 Å². The van der Waals surface area contributed by atoms with Gasteiger partial charge < -0.3 is 0 Å². The predicted octanol–water partition coefficient (Wildman–Crippen LogP) is 6.12. The predicted molar refractivity (Wildman–Crippen MR) is 112 cm³/mol. The summed E-state index contributed by atoms with van der Waals surface area (Å²) in [5.74, 6) is 0.967. The van der Waals surface area contributed by atoms with E-state index in [-0.39, 0.29) is 0 Å². The molecular formula is C23H17N3S. The molecule has 3 nitrogen and oxygen atoms in total.